The summed E-state index contributed by atoms with van der Waals surface area (Å²) < 4.78 is 5.54. The molecule has 1 aromatic carbocycles. The Morgan fingerprint density at radius 1 is 1.14 bits per heavy atom. The first-order valence-electron chi connectivity index (χ1n) is 11.0. The summed E-state index contributed by atoms with van der Waals surface area (Å²) in [5, 5.41) is 16.0. The Morgan fingerprint density at radius 3 is 2.52 bits per heavy atom. The number of hydrogen-bond acceptors (Lipinski definition) is 4. The van der Waals surface area contributed by atoms with Gasteiger partial charge in [-0.25, -0.2) is 4.99 Å². The normalized spacial score (nSPS) is 20.1. The monoisotopic (exact) mass is 397 g/mol. The molecule has 0 aromatic heterocycles. The number of nitrogens with one attached hydrogen (secondary N) is 2. The molecule has 6 nitrogen and oxygen atoms in total. The highest BCUT2D eigenvalue weighted by Crippen LogP contribution is 2.36. The van der Waals surface area contributed by atoms with E-state index in [0.29, 0.717) is 17.5 Å². The van der Waals surface area contributed by atoms with Crippen LogP contribution in [0.2, 0.25) is 0 Å². The van der Waals surface area contributed by atoms with Gasteiger partial charge < -0.3 is 15.4 Å². The van der Waals surface area contributed by atoms with E-state index in [2.05, 4.69) is 28.5 Å². The molecule has 0 bridgehead atoms. The molecule has 1 saturated carbocycles. The van der Waals surface area contributed by atoms with Gasteiger partial charge in [-0.2, -0.15) is 5.26 Å². The van der Waals surface area contributed by atoms with Gasteiger partial charge in [0.2, 0.25) is 0 Å². The molecule has 0 radical (unpaired) electrons. The van der Waals surface area contributed by atoms with Crippen molar-refractivity contribution in [2.75, 3.05) is 45.9 Å². The number of guanidine groups is 1. The van der Waals surface area contributed by atoms with Gasteiger partial charge in [0.05, 0.1) is 31.4 Å². The highest BCUT2D eigenvalue weighted by atomic mass is 16.5. The Balaban J connectivity index is 1.61. The van der Waals surface area contributed by atoms with Gasteiger partial charge in [0, 0.05) is 38.1 Å². The van der Waals surface area contributed by atoms with Crippen molar-refractivity contribution < 1.29 is 4.74 Å². The number of hydrogen-bond donors (Lipinski definition) is 2. The molecular formula is C23H35N5O. The molecule has 6 heteroatoms. The van der Waals surface area contributed by atoms with Gasteiger partial charge in [-0.15, -0.1) is 0 Å². The lowest BCUT2D eigenvalue weighted by Gasteiger charge is -2.42. The third kappa shape index (κ3) is 6.73. The third-order valence-electron chi connectivity index (χ3n) is 6.05. The molecule has 2 aliphatic rings. The molecule has 0 amide bonds. The first-order chi connectivity index (χ1) is 14.2. The molecule has 0 unspecified atom stereocenters. The standard InChI is InChI=1S/C23H35N5O/c1-2-25-22(26-17-21-8-6-20(16-24)7-9-21)27-18-23(10-4-3-5-11-23)19-28-12-14-29-15-13-28/h6-9H,2-5,10-15,17-19H2,1H3,(H2,25,26,27). The van der Waals surface area contributed by atoms with Crippen LogP contribution in [0.5, 0.6) is 0 Å². The topological polar surface area (TPSA) is 72.7 Å². The zero-order valence-corrected chi connectivity index (χ0v) is 17.8. The zero-order chi connectivity index (χ0) is 20.4. The lowest BCUT2D eigenvalue weighted by Crippen LogP contribution is -2.51. The molecule has 0 spiro atoms. The van der Waals surface area contributed by atoms with E-state index >= 15 is 0 Å². The van der Waals surface area contributed by atoms with Gasteiger partial charge >= 0.3 is 0 Å². The summed E-state index contributed by atoms with van der Waals surface area (Å²) in [6.45, 7) is 9.48. The van der Waals surface area contributed by atoms with Crippen LogP contribution >= 0.6 is 0 Å². The minimum atomic E-state index is 0.320. The van der Waals surface area contributed by atoms with Crippen molar-refractivity contribution in [3.8, 4) is 6.07 Å². The maximum atomic E-state index is 8.94. The first kappa shape index (κ1) is 21.6. The molecule has 1 aliphatic heterocycles. The number of morpholine rings is 1. The summed E-state index contributed by atoms with van der Waals surface area (Å²) in [5.74, 6) is 0.879. The van der Waals surface area contributed by atoms with Crippen molar-refractivity contribution in [2.45, 2.75) is 45.6 Å². The van der Waals surface area contributed by atoms with Gasteiger partial charge in [-0.05, 0) is 37.5 Å². The molecule has 1 aromatic rings. The van der Waals surface area contributed by atoms with Crippen LogP contribution in [-0.2, 0) is 11.3 Å². The molecule has 1 heterocycles. The first-order valence-corrected chi connectivity index (χ1v) is 11.0. The number of benzene rings is 1. The van der Waals surface area contributed by atoms with Crippen LogP contribution in [0.25, 0.3) is 0 Å². The van der Waals surface area contributed by atoms with Crippen LogP contribution in [0.1, 0.15) is 50.2 Å². The fourth-order valence-electron chi connectivity index (χ4n) is 4.39. The van der Waals surface area contributed by atoms with Crippen molar-refractivity contribution in [1.82, 2.24) is 15.5 Å². The van der Waals surface area contributed by atoms with Gasteiger partial charge in [0.1, 0.15) is 0 Å². The van der Waals surface area contributed by atoms with E-state index in [1.54, 1.807) is 0 Å². The van der Waals surface area contributed by atoms with Crippen molar-refractivity contribution in [1.29, 1.82) is 5.26 Å². The highest BCUT2D eigenvalue weighted by molar-refractivity contribution is 5.79. The summed E-state index contributed by atoms with van der Waals surface area (Å²) in [5.41, 5.74) is 2.12. The van der Waals surface area contributed by atoms with E-state index in [9.17, 15) is 0 Å². The van der Waals surface area contributed by atoms with Crippen LogP contribution in [-0.4, -0.2) is 56.8 Å². The van der Waals surface area contributed by atoms with E-state index in [-0.39, 0.29) is 0 Å². The van der Waals surface area contributed by atoms with Crippen LogP contribution in [0.15, 0.2) is 29.3 Å². The largest absolute Gasteiger partial charge is 0.379 e. The zero-order valence-electron chi connectivity index (χ0n) is 17.8. The van der Waals surface area contributed by atoms with Crippen LogP contribution in [0.4, 0.5) is 0 Å². The smallest absolute Gasteiger partial charge is 0.191 e. The van der Waals surface area contributed by atoms with E-state index in [1.807, 2.05) is 24.3 Å². The summed E-state index contributed by atoms with van der Waals surface area (Å²) >= 11 is 0. The number of aliphatic imine (C=N–C) groups is 1. The SMILES string of the molecule is CCNC(=NCc1ccc(C#N)cc1)NCC1(CN2CCOCC2)CCCCC1. The Hall–Kier alpha value is -2.10. The third-order valence-corrected chi connectivity index (χ3v) is 6.05. The Bertz CT molecular complexity index is 682. The molecule has 29 heavy (non-hydrogen) atoms. The van der Waals surface area contributed by atoms with Gasteiger partial charge in [-0.3, -0.25) is 4.90 Å². The van der Waals surface area contributed by atoms with Crippen LogP contribution in [0.3, 0.4) is 0 Å². The fraction of sp³-hybridized carbons (Fsp3) is 0.652. The molecule has 158 valence electrons. The summed E-state index contributed by atoms with van der Waals surface area (Å²) in [7, 11) is 0. The average molecular weight is 398 g/mol. The Kier molecular flexibility index (Phi) is 8.33. The lowest BCUT2D eigenvalue weighted by atomic mass is 9.73. The summed E-state index contributed by atoms with van der Waals surface area (Å²) in [6, 6.07) is 9.82. The molecule has 0 atom stereocenters. The van der Waals surface area contributed by atoms with Crippen molar-refractivity contribution in [3.05, 3.63) is 35.4 Å². The quantitative estimate of drug-likeness (QED) is 0.547. The maximum absolute atomic E-state index is 8.94. The van der Waals surface area contributed by atoms with Crippen molar-refractivity contribution >= 4 is 5.96 Å². The van der Waals surface area contributed by atoms with Gasteiger partial charge in [0.25, 0.3) is 0 Å². The predicted octanol–water partition coefficient (Wildman–Crippen LogP) is 2.90. The number of nitriles is 1. The average Bonchev–Trinajstić information content (AvgIpc) is 2.77. The van der Waals surface area contributed by atoms with Gasteiger partial charge in [0.15, 0.2) is 5.96 Å². The van der Waals surface area contributed by atoms with E-state index in [4.69, 9.17) is 15.0 Å². The minimum absolute atomic E-state index is 0.320. The van der Waals surface area contributed by atoms with Crippen LogP contribution < -0.4 is 10.6 Å². The van der Waals surface area contributed by atoms with E-state index in [0.717, 1.165) is 57.5 Å². The number of ether oxygens (including phenoxy) is 1. The molecule has 2 fully saturated rings. The van der Waals surface area contributed by atoms with Gasteiger partial charge in [-0.1, -0.05) is 31.4 Å². The van der Waals surface area contributed by atoms with Crippen molar-refractivity contribution in [2.24, 2.45) is 10.4 Å². The molecule has 3 rings (SSSR count). The molecule has 1 saturated heterocycles. The fourth-order valence-corrected chi connectivity index (χ4v) is 4.39. The molecule has 2 N–H and O–H groups in total. The second-order valence-electron chi connectivity index (χ2n) is 8.31. The highest BCUT2D eigenvalue weighted by Gasteiger charge is 2.34. The lowest BCUT2D eigenvalue weighted by molar-refractivity contribution is 0.00820. The molecule has 1 aliphatic carbocycles. The second-order valence-corrected chi connectivity index (χ2v) is 8.31. The number of nitrogens with zero attached hydrogens (tertiary/aromatic N) is 3. The number of rotatable bonds is 7. The maximum Gasteiger partial charge on any atom is 0.191 e. The second kappa shape index (κ2) is 11.2. The molecular weight excluding hydrogens is 362 g/mol. The summed E-state index contributed by atoms with van der Waals surface area (Å²) in [6.07, 6.45) is 6.58. The van der Waals surface area contributed by atoms with E-state index in [1.165, 1.54) is 32.1 Å². The van der Waals surface area contributed by atoms with Crippen LogP contribution in [0, 0.1) is 16.7 Å². The minimum Gasteiger partial charge on any atom is -0.379 e. The Morgan fingerprint density at radius 2 is 1.86 bits per heavy atom. The van der Waals surface area contributed by atoms with Crippen molar-refractivity contribution in [3.63, 3.8) is 0 Å². The Labute approximate surface area is 175 Å². The predicted molar refractivity (Wildman–Crippen MR) is 117 cm³/mol. The van der Waals surface area contributed by atoms with E-state index < -0.39 is 0 Å². The summed E-state index contributed by atoms with van der Waals surface area (Å²) in [4.78, 5) is 7.36.